The molecule has 0 fully saturated rings. The van der Waals surface area contributed by atoms with Crippen LogP contribution in [0.15, 0.2) is 29.3 Å². The van der Waals surface area contributed by atoms with E-state index in [0.29, 0.717) is 6.54 Å². The van der Waals surface area contributed by atoms with Crippen molar-refractivity contribution < 1.29 is 0 Å². The Morgan fingerprint density at radius 1 is 1.31 bits per heavy atom. The van der Waals surface area contributed by atoms with Crippen LogP contribution in [0.2, 0.25) is 5.02 Å². The Balaban J connectivity index is 2.37. The first-order valence-electron chi connectivity index (χ1n) is 5.54. The van der Waals surface area contributed by atoms with Gasteiger partial charge in [-0.15, -0.1) is 5.92 Å². The highest BCUT2D eigenvalue weighted by molar-refractivity contribution is 6.33. The molecule has 1 nitrogen and oxygen atoms in total. The summed E-state index contributed by atoms with van der Waals surface area (Å²) in [5, 5.41) is 0.727. The predicted molar refractivity (Wildman–Crippen MR) is 71.2 cm³/mol. The van der Waals surface area contributed by atoms with Gasteiger partial charge in [-0.05, 0) is 12.5 Å². The van der Waals surface area contributed by atoms with E-state index >= 15 is 0 Å². The lowest BCUT2D eigenvalue weighted by Crippen LogP contribution is -1.83. The van der Waals surface area contributed by atoms with Crippen molar-refractivity contribution in [2.45, 2.75) is 26.2 Å². The molecule has 0 atom stereocenters. The molecule has 1 aromatic rings. The minimum absolute atomic E-state index is 0.551. The summed E-state index contributed by atoms with van der Waals surface area (Å²) in [5.74, 6) is 6.11. The first kappa shape index (κ1) is 12.8. The Labute approximate surface area is 103 Å². The molecule has 0 aromatic heterocycles. The fraction of sp³-hybridized carbons (Fsp3) is 0.357. The molecule has 1 rings (SSSR count). The van der Waals surface area contributed by atoms with Crippen LogP contribution in [0, 0.1) is 11.8 Å². The molecule has 16 heavy (non-hydrogen) atoms. The van der Waals surface area contributed by atoms with Gasteiger partial charge in [-0.2, -0.15) is 0 Å². The molecule has 0 N–H and O–H groups in total. The molecule has 1 aromatic carbocycles. The molecular formula is C14H16ClN. The van der Waals surface area contributed by atoms with E-state index in [1.165, 1.54) is 12.8 Å². The number of aliphatic imine (C=N–C) groups is 1. The average molecular weight is 234 g/mol. The Morgan fingerprint density at radius 3 is 2.88 bits per heavy atom. The quantitative estimate of drug-likeness (QED) is 0.424. The second-order valence-corrected chi connectivity index (χ2v) is 3.86. The van der Waals surface area contributed by atoms with Crippen molar-refractivity contribution in [2.75, 3.05) is 6.54 Å². The summed E-state index contributed by atoms with van der Waals surface area (Å²) in [4.78, 5) is 4.22. The van der Waals surface area contributed by atoms with Gasteiger partial charge in [0, 0.05) is 23.2 Å². The van der Waals surface area contributed by atoms with E-state index in [-0.39, 0.29) is 0 Å². The summed E-state index contributed by atoms with van der Waals surface area (Å²) in [5.41, 5.74) is 0.944. The lowest BCUT2D eigenvalue weighted by atomic mass is 10.2. The average Bonchev–Trinajstić information content (AvgIpc) is 2.30. The SMILES string of the molecule is CCCCC#CC/N=C/c1ccccc1Cl. The van der Waals surface area contributed by atoms with Crippen molar-refractivity contribution >= 4 is 17.8 Å². The Bertz CT molecular complexity index is 399. The van der Waals surface area contributed by atoms with Gasteiger partial charge in [0.05, 0.1) is 6.54 Å². The normalized spacial score (nSPS) is 10.1. The fourth-order valence-corrected chi connectivity index (χ4v) is 1.36. The molecule has 0 aliphatic heterocycles. The van der Waals surface area contributed by atoms with Crippen LogP contribution in [0.1, 0.15) is 31.7 Å². The summed E-state index contributed by atoms with van der Waals surface area (Å²) >= 11 is 5.98. The first-order chi connectivity index (χ1) is 7.84. The van der Waals surface area contributed by atoms with Crippen LogP contribution in [0.3, 0.4) is 0 Å². The third-order valence-electron chi connectivity index (χ3n) is 2.09. The molecule has 0 heterocycles. The van der Waals surface area contributed by atoms with Crippen LogP contribution in [0.5, 0.6) is 0 Å². The van der Waals surface area contributed by atoms with Crippen LogP contribution in [0.25, 0.3) is 0 Å². The molecule has 0 radical (unpaired) electrons. The van der Waals surface area contributed by atoms with Crippen molar-refractivity contribution in [1.29, 1.82) is 0 Å². The highest BCUT2D eigenvalue weighted by Gasteiger charge is 1.92. The van der Waals surface area contributed by atoms with E-state index in [0.717, 1.165) is 17.0 Å². The third-order valence-corrected chi connectivity index (χ3v) is 2.43. The monoisotopic (exact) mass is 233 g/mol. The number of hydrogen-bond acceptors (Lipinski definition) is 1. The Kier molecular flexibility index (Phi) is 6.37. The maximum absolute atomic E-state index is 5.98. The zero-order chi connectivity index (χ0) is 11.6. The summed E-state index contributed by atoms with van der Waals surface area (Å²) in [6.07, 6.45) is 5.10. The summed E-state index contributed by atoms with van der Waals surface area (Å²) < 4.78 is 0. The summed E-state index contributed by atoms with van der Waals surface area (Å²) in [7, 11) is 0. The second-order valence-electron chi connectivity index (χ2n) is 3.45. The van der Waals surface area contributed by atoms with Gasteiger partial charge in [0.1, 0.15) is 0 Å². The predicted octanol–water partition coefficient (Wildman–Crippen LogP) is 3.95. The number of benzene rings is 1. The molecule has 2 heteroatoms. The number of nitrogens with zero attached hydrogens (tertiary/aromatic N) is 1. The van der Waals surface area contributed by atoms with Crippen LogP contribution < -0.4 is 0 Å². The molecule has 0 aliphatic carbocycles. The van der Waals surface area contributed by atoms with E-state index in [4.69, 9.17) is 11.6 Å². The number of hydrogen-bond donors (Lipinski definition) is 0. The van der Waals surface area contributed by atoms with Crippen molar-refractivity contribution in [3.05, 3.63) is 34.9 Å². The molecular weight excluding hydrogens is 218 g/mol. The topological polar surface area (TPSA) is 12.4 Å². The van der Waals surface area contributed by atoms with E-state index in [1.807, 2.05) is 24.3 Å². The number of rotatable bonds is 4. The van der Waals surface area contributed by atoms with Crippen LogP contribution >= 0.6 is 11.6 Å². The lowest BCUT2D eigenvalue weighted by Gasteiger charge is -1.94. The maximum atomic E-state index is 5.98. The van der Waals surface area contributed by atoms with Gasteiger partial charge in [0.2, 0.25) is 0 Å². The number of unbranched alkanes of at least 4 members (excludes halogenated alkanes) is 2. The van der Waals surface area contributed by atoms with E-state index in [2.05, 4.69) is 23.8 Å². The third kappa shape index (κ3) is 5.00. The standard InChI is InChI=1S/C14H16ClN/c1-2-3-4-5-8-11-16-12-13-9-6-7-10-14(13)15/h6-7,9-10,12H,2-4,11H2,1H3/b16-12+. The molecule has 0 saturated carbocycles. The first-order valence-corrected chi connectivity index (χ1v) is 5.92. The van der Waals surface area contributed by atoms with E-state index in [1.54, 1.807) is 6.21 Å². The molecule has 0 amide bonds. The smallest absolute Gasteiger partial charge is 0.0997 e. The van der Waals surface area contributed by atoms with Crippen molar-refractivity contribution in [1.82, 2.24) is 0 Å². The Morgan fingerprint density at radius 2 is 2.12 bits per heavy atom. The maximum Gasteiger partial charge on any atom is 0.0997 e. The molecule has 0 unspecified atom stereocenters. The van der Waals surface area contributed by atoms with Crippen LogP contribution in [-0.4, -0.2) is 12.8 Å². The molecule has 84 valence electrons. The van der Waals surface area contributed by atoms with Crippen molar-refractivity contribution in [2.24, 2.45) is 4.99 Å². The van der Waals surface area contributed by atoms with Gasteiger partial charge in [-0.25, -0.2) is 0 Å². The molecule has 0 aliphatic rings. The van der Waals surface area contributed by atoms with Crippen LogP contribution in [0.4, 0.5) is 0 Å². The molecule has 0 spiro atoms. The van der Waals surface area contributed by atoms with Gasteiger partial charge in [-0.3, -0.25) is 4.99 Å². The molecule has 0 bridgehead atoms. The highest BCUT2D eigenvalue weighted by atomic mass is 35.5. The van der Waals surface area contributed by atoms with E-state index < -0.39 is 0 Å². The summed E-state index contributed by atoms with van der Waals surface area (Å²) in [6, 6.07) is 7.65. The lowest BCUT2D eigenvalue weighted by molar-refractivity contribution is 0.827. The largest absolute Gasteiger partial charge is 0.280 e. The van der Waals surface area contributed by atoms with Crippen molar-refractivity contribution in [3.8, 4) is 11.8 Å². The fourth-order valence-electron chi connectivity index (χ4n) is 1.18. The van der Waals surface area contributed by atoms with E-state index in [9.17, 15) is 0 Å². The van der Waals surface area contributed by atoms with Crippen LogP contribution in [-0.2, 0) is 0 Å². The van der Waals surface area contributed by atoms with Crippen molar-refractivity contribution in [3.63, 3.8) is 0 Å². The second kappa shape index (κ2) is 7.96. The molecule has 0 saturated heterocycles. The van der Waals surface area contributed by atoms with Gasteiger partial charge < -0.3 is 0 Å². The zero-order valence-electron chi connectivity index (χ0n) is 9.54. The number of halogens is 1. The minimum Gasteiger partial charge on any atom is -0.280 e. The van der Waals surface area contributed by atoms with Gasteiger partial charge in [-0.1, -0.05) is 49.1 Å². The van der Waals surface area contributed by atoms with Gasteiger partial charge >= 0.3 is 0 Å². The minimum atomic E-state index is 0.551. The van der Waals surface area contributed by atoms with Gasteiger partial charge in [0.25, 0.3) is 0 Å². The summed E-state index contributed by atoms with van der Waals surface area (Å²) in [6.45, 7) is 2.71. The highest BCUT2D eigenvalue weighted by Crippen LogP contribution is 2.12. The zero-order valence-corrected chi connectivity index (χ0v) is 10.3. The van der Waals surface area contributed by atoms with Gasteiger partial charge in [0.15, 0.2) is 0 Å². The Hall–Kier alpha value is -1.26.